The standard InChI is InChI=1S/C21H22ClN3O5S/c22-20-14-17(25(27)28)6-8-19(20)21(26)23-9-11-24(12-10-23)31(29,30)18-7-5-15-3-1-2-4-16(15)13-18/h5-8,13-14H,1-4,9-12H2. The van der Waals surface area contributed by atoms with Gasteiger partial charge in [-0.15, -0.1) is 0 Å². The number of carbonyl (C=O) groups is 1. The highest BCUT2D eigenvalue weighted by Gasteiger charge is 2.31. The molecule has 2 aromatic rings. The molecule has 0 atom stereocenters. The molecular weight excluding hydrogens is 442 g/mol. The minimum atomic E-state index is -3.64. The summed E-state index contributed by atoms with van der Waals surface area (Å²) in [5.41, 5.74) is 2.30. The van der Waals surface area contributed by atoms with Gasteiger partial charge in [-0.25, -0.2) is 8.42 Å². The van der Waals surface area contributed by atoms with Crippen LogP contribution in [0.1, 0.15) is 34.3 Å². The van der Waals surface area contributed by atoms with Crippen LogP contribution in [0.2, 0.25) is 5.02 Å². The number of carbonyl (C=O) groups excluding carboxylic acids is 1. The predicted molar refractivity (Wildman–Crippen MR) is 116 cm³/mol. The molecule has 10 heteroatoms. The quantitative estimate of drug-likeness (QED) is 0.511. The summed E-state index contributed by atoms with van der Waals surface area (Å²) in [4.78, 5) is 24.9. The van der Waals surface area contributed by atoms with E-state index in [2.05, 4.69) is 0 Å². The first-order chi connectivity index (χ1) is 14.8. The molecule has 0 radical (unpaired) electrons. The average Bonchev–Trinajstić information content (AvgIpc) is 2.78. The molecule has 0 aromatic heterocycles. The van der Waals surface area contributed by atoms with Gasteiger partial charge in [0.1, 0.15) is 0 Å². The molecule has 2 aliphatic rings. The number of fused-ring (bicyclic) bond motifs is 1. The molecule has 164 valence electrons. The fourth-order valence-electron chi connectivity index (χ4n) is 4.11. The third-order valence-electron chi connectivity index (χ3n) is 5.88. The lowest BCUT2D eigenvalue weighted by Crippen LogP contribution is -2.50. The first-order valence-corrected chi connectivity index (χ1v) is 11.9. The zero-order valence-corrected chi connectivity index (χ0v) is 18.4. The predicted octanol–water partition coefficient (Wildman–Crippen LogP) is 3.27. The summed E-state index contributed by atoms with van der Waals surface area (Å²) in [5.74, 6) is -0.370. The van der Waals surface area contributed by atoms with E-state index in [1.54, 1.807) is 12.1 Å². The molecule has 2 aromatic carbocycles. The summed E-state index contributed by atoms with van der Waals surface area (Å²) in [5, 5.41) is 10.9. The highest BCUT2D eigenvalue weighted by molar-refractivity contribution is 7.89. The maximum Gasteiger partial charge on any atom is 0.270 e. The second-order valence-electron chi connectivity index (χ2n) is 7.76. The maximum absolute atomic E-state index is 13.1. The number of aryl methyl sites for hydroxylation is 2. The van der Waals surface area contributed by atoms with Gasteiger partial charge < -0.3 is 4.90 Å². The monoisotopic (exact) mass is 463 g/mol. The van der Waals surface area contributed by atoms with Crippen molar-refractivity contribution in [3.05, 3.63) is 68.2 Å². The molecule has 0 spiro atoms. The molecule has 1 amide bonds. The van der Waals surface area contributed by atoms with Gasteiger partial charge in [0.05, 0.1) is 20.4 Å². The Labute approximate surface area is 185 Å². The third kappa shape index (κ3) is 4.30. The van der Waals surface area contributed by atoms with Gasteiger partial charge in [-0.05, 0) is 55.0 Å². The Morgan fingerprint density at radius 2 is 1.65 bits per heavy atom. The first-order valence-electron chi connectivity index (χ1n) is 10.1. The maximum atomic E-state index is 13.1. The number of halogens is 1. The van der Waals surface area contributed by atoms with Crippen LogP contribution in [0.5, 0.6) is 0 Å². The number of amides is 1. The molecule has 31 heavy (non-hydrogen) atoms. The van der Waals surface area contributed by atoms with E-state index in [1.165, 1.54) is 26.9 Å². The number of benzene rings is 2. The van der Waals surface area contributed by atoms with Crippen LogP contribution in [-0.2, 0) is 22.9 Å². The van der Waals surface area contributed by atoms with E-state index in [4.69, 9.17) is 11.6 Å². The van der Waals surface area contributed by atoms with Gasteiger partial charge in [-0.1, -0.05) is 17.7 Å². The minimum Gasteiger partial charge on any atom is -0.336 e. The van der Waals surface area contributed by atoms with Crippen molar-refractivity contribution in [2.45, 2.75) is 30.6 Å². The minimum absolute atomic E-state index is 0.00307. The summed E-state index contributed by atoms with van der Waals surface area (Å²) in [7, 11) is -3.64. The Morgan fingerprint density at radius 3 is 2.29 bits per heavy atom. The van der Waals surface area contributed by atoms with Crippen molar-refractivity contribution in [3.8, 4) is 0 Å². The van der Waals surface area contributed by atoms with Gasteiger partial charge in [-0.3, -0.25) is 14.9 Å². The molecule has 0 bridgehead atoms. The number of nitro groups is 1. The zero-order valence-electron chi connectivity index (χ0n) is 16.8. The number of rotatable bonds is 4. The number of sulfonamides is 1. The van der Waals surface area contributed by atoms with Crippen molar-refractivity contribution in [2.24, 2.45) is 0 Å². The Bertz CT molecular complexity index is 1140. The fourth-order valence-corrected chi connectivity index (χ4v) is 5.84. The summed E-state index contributed by atoms with van der Waals surface area (Å²) in [6.07, 6.45) is 4.09. The van der Waals surface area contributed by atoms with Gasteiger partial charge >= 0.3 is 0 Å². The number of non-ortho nitro benzene ring substituents is 1. The van der Waals surface area contributed by atoms with Crippen LogP contribution in [0.3, 0.4) is 0 Å². The van der Waals surface area contributed by atoms with Gasteiger partial charge in [0, 0.05) is 38.3 Å². The van der Waals surface area contributed by atoms with Crippen LogP contribution in [0.25, 0.3) is 0 Å². The summed E-state index contributed by atoms with van der Waals surface area (Å²) in [6, 6.07) is 9.09. The topological polar surface area (TPSA) is 101 Å². The van der Waals surface area contributed by atoms with E-state index >= 15 is 0 Å². The Hall–Kier alpha value is -2.49. The average molecular weight is 464 g/mol. The lowest BCUT2D eigenvalue weighted by Gasteiger charge is -2.34. The number of nitro benzene ring substituents is 1. The zero-order chi connectivity index (χ0) is 22.2. The molecule has 0 saturated carbocycles. The summed E-state index contributed by atoms with van der Waals surface area (Å²) in [6.45, 7) is 0.790. The Kier molecular flexibility index (Phi) is 6.00. The molecular formula is C21H22ClN3O5S. The molecule has 1 heterocycles. The van der Waals surface area contributed by atoms with Crippen molar-refractivity contribution in [1.29, 1.82) is 0 Å². The molecule has 1 saturated heterocycles. The number of nitrogens with zero attached hydrogens (tertiary/aromatic N) is 3. The smallest absolute Gasteiger partial charge is 0.270 e. The van der Waals surface area contributed by atoms with Crippen molar-refractivity contribution < 1.29 is 18.1 Å². The van der Waals surface area contributed by atoms with E-state index in [0.717, 1.165) is 37.3 Å². The second-order valence-corrected chi connectivity index (χ2v) is 10.1. The second kappa shape index (κ2) is 8.57. The normalized spacial score (nSPS) is 17.3. The van der Waals surface area contributed by atoms with Gasteiger partial charge in [-0.2, -0.15) is 4.31 Å². The lowest BCUT2D eigenvalue weighted by atomic mass is 9.92. The van der Waals surface area contributed by atoms with E-state index < -0.39 is 14.9 Å². The van der Waals surface area contributed by atoms with Gasteiger partial charge in [0.25, 0.3) is 11.6 Å². The Morgan fingerprint density at radius 1 is 0.968 bits per heavy atom. The van der Waals surface area contributed by atoms with Gasteiger partial charge in [0.15, 0.2) is 0 Å². The fraction of sp³-hybridized carbons (Fsp3) is 0.381. The summed E-state index contributed by atoms with van der Waals surface area (Å²) >= 11 is 6.07. The van der Waals surface area contributed by atoms with Crippen molar-refractivity contribution >= 4 is 33.2 Å². The Balaban J connectivity index is 1.46. The molecule has 1 aliphatic heterocycles. The largest absolute Gasteiger partial charge is 0.336 e. The SMILES string of the molecule is O=C(c1ccc([N+](=O)[O-])cc1Cl)N1CCN(S(=O)(=O)c2ccc3c(c2)CCCC3)CC1. The molecule has 8 nitrogen and oxygen atoms in total. The number of hydrogen-bond donors (Lipinski definition) is 0. The van der Waals surface area contributed by atoms with Crippen LogP contribution in [0.4, 0.5) is 5.69 Å². The highest BCUT2D eigenvalue weighted by Crippen LogP contribution is 2.27. The highest BCUT2D eigenvalue weighted by atomic mass is 35.5. The van der Waals surface area contributed by atoms with E-state index in [-0.39, 0.29) is 48.4 Å². The third-order valence-corrected chi connectivity index (χ3v) is 8.08. The van der Waals surface area contributed by atoms with E-state index in [1.807, 2.05) is 6.07 Å². The first kappa shape index (κ1) is 21.7. The van der Waals surface area contributed by atoms with Crippen LogP contribution < -0.4 is 0 Å². The van der Waals surface area contributed by atoms with Crippen LogP contribution in [0, 0.1) is 10.1 Å². The van der Waals surface area contributed by atoms with Crippen molar-refractivity contribution in [2.75, 3.05) is 26.2 Å². The number of hydrogen-bond acceptors (Lipinski definition) is 5. The van der Waals surface area contributed by atoms with Crippen molar-refractivity contribution in [1.82, 2.24) is 9.21 Å². The van der Waals surface area contributed by atoms with Crippen LogP contribution >= 0.6 is 11.6 Å². The number of piperazine rings is 1. The van der Waals surface area contributed by atoms with Crippen LogP contribution in [0.15, 0.2) is 41.3 Å². The van der Waals surface area contributed by atoms with Crippen LogP contribution in [-0.4, -0.2) is 54.6 Å². The molecule has 1 fully saturated rings. The lowest BCUT2D eigenvalue weighted by molar-refractivity contribution is -0.384. The molecule has 1 aliphatic carbocycles. The molecule has 0 unspecified atom stereocenters. The summed E-state index contributed by atoms with van der Waals surface area (Å²) < 4.78 is 27.6. The van der Waals surface area contributed by atoms with Gasteiger partial charge in [0.2, 0.25) is 10.0 Å². The van der Waals surface area contributed by atoms with Crippen molar-refractivity contribution in [3.63, 3.8) is 0 Å². The van der Waals surface area contributed by atoms with E-state index in [9.17, 15) is 23.3 Å². The molecule has 0 N–H and O–H groups in total. The van der Waals surface area contributed by atoms with E-state index in [0.29, 0.717) is 4.90 Å². The molecule has 4 rings (SSSR count).